The zero-order valence-electron chi connectivity index (χ0n) is 18.4. The second-order valence-corrected chi connectivity index (χ2v) is 10.7. The fourth-order valence-electron chi connectivity index (χ4n) is 4.96. The molecule has 154 valence electrons. The summed E-state index contributed by atoms with van der Waals surface area (Å²) >= 11 is 0. The van der Waals surface area contributed by atoms with Crippen LogP contribution in [-0.2, 0) is 4.79 Å². The average Bonchev–Trinajstić information content (AvgIpc) is 2.80. The molecule has 0 amide bonds. The van der Waals surface area contributed by atoms with Crippen molar-refractivity contribution in [2.24, 2.45) is 22.2 Å². The third kappa shape index (κ3) is 4.17. The van der Waals surface area contributed by atoms with Crippen molar-refractivity contribution in [3.05, 3.63) is 35.7 Å². The number of halogens is 1. The summed E-state index contributed by atoms with van der Waals surface area (Å²) in [4.78, 5) is 14.5. The highest BCUT2D eigenvalue weighted by Crippen LogP contribution is 2.61. The van der Waals surface area contributed by atoms with Crippen LogP contribution >= 0.6 is 0 Å². The van der Waals surface area contributed by atoms with Crippen molar-refractivity contribution in [3.63, 3.8) is 0 Å². The zero-order valence-corrected chi connectivity index (χ0v) is 18.4. The van der Waals surface area contributed by atoms with Gasteiger partial charge in [-0.05, 0) is 88.2 Å². The third-order valence-electron chi connectivity index (χ3n) is 6.37. The number of esters is 1. The van der Waals surface area contributed by atoms with Crippen molar-refractivity contribution in [2.45, 2.75) is 53.9 Å². The predicted octanol–water partition coefficient (Wildman–Crippen LogP) is 5.55. The summed E-state index contributed by atoms with van der Waals surface area (Å²) in [6.45, 7) is 11.0. The van der Waals surface area contributed by atoms with Crippen LogP contribution in [0.15, 0.2) is 24.3 Å². The predicted molar refractivity (Wildman–Crippen MR) is 112 cm³/mol. The molecule has 0 saturated heterocycles. The molecule has 4 heteroatoms. The lowest BCUT2D eigenvalue weighted by Crippen LogP contribution is -2.37. The molecule has 0 N–H and O–H groups in total. The molecule has 3 rings (SSSR count). The van der Waals surface area contributed by atoms with E-state index in [1.54, 1.807) is 26.8 Å². The summed E-state index contributed by atoms with van der Waals surface area (Å²) in [6, 6.07) is 4.72. The number of hydrogen-bond acceptors (Lipinski definition) is 3. The Morgan fingerprint density at radius 3 is 2.50 bits per heavy atom. The van der Waals surface area contributed by atoms with Crippen LogP contribution in [-0.4, -0.2) is 31.5 Å². The van der Waals surface area contributed by atoms with Gasteiger partial charge in [-0.15, -0.1) is 0 Å². The number of carbonyl (C=O) groups is 1. The zero-order chi connectivity index (χ0) is 20.9. The van der Waals surface area contributed by atoms with Gasteiger partial charge in [0.1, 0.15) is 11.6 Å². The van der Waals surface area contributed by atoms with Gasteiger partial charge in [-0.3, -0.25) is 4.79 Å². The van der Waals surface area contributed by atoms with Gasteiger partial charge in [0, 0.05) is 18.5 Å². The van der Waals surface area contributed by atoms with E-state index in [9.17, 15) is 9.18 Å². The Bertz CT molecular complexity index is 807. The summed E-state index contributed by atoms with van der Waals surface area (Å²) in [5.74, 6) is -0.115. The number of benzene rings is 1. The van der Waals surface area contributed by atoms with Crippen molar-refractivity contribution in [1.29, 1.82) is 0 Å². The normalized spacial score (nSPS) is 29.8. The van der Waals surface area contributed by atoms with Gasteiger partial charge in [-0.1, -0.05) is 19.9 Å². The minimum absolute atomic E-state index is 0.154. The fraction of sp³-hybridized carbons (Fsp3) is 0.625. The van der Waals surface area contributed by atoms with Crippen LogP contribution in [0, 0.1) is 28.0 Å². The lowest BCUT2D eigenvalue weighted by atomic mass is 9.63. The molecule has 0 unspecified atom stereocenters. The van der Waals surface area contributed by atoms with Gasteiger partial charge < -0.3 is 9.64 Å². The van der Waals surface area contributed by atoms with Crippen LogP contribution < -0.4 is 4.74 Å². The summed E-state index contributed by atoms with van der Waals surface area (Å²) in [7, 11) is 4.18. The molecule has 0 heterocycles. The first kappa shape index (κ1) is 21.0. The quantitative estimate of drug-likeness (QED) is 0.501. The molecule has 2 aliphatic rings. The molecule has 1 aromatic rings. The smallest absolute Gasteiger partial charge is 0.316 e. The molecule has 1 fully saturated rings. The average molecular weight is 388 g/mol. The topological polar surface area (TPSA) is 29.5 Å². The number of allylic oxidation sites excluding steroid dienone is 1. The number of rotatable bonds is 4. The van der Waals surface area contributed by atoms with E-state index in [4.69, 9.17) is 4.74 Å². The summed E-state index contributed by atoms with van der Waals surface area (Å²) in [6.07, 6.45) is 5.88. The van der Waals surface area contributed by atoms with Crippen molar-refractivity contribution in [2.75, 3.05) is 20.6 Å². The molecule has 3 atom stereocenters. The van der Waals surface area contributed by atoms with E-state index in [0.717, 1.165) is 18.5 Å². The molecule has 0 radical (unpaired) electrons. The van der Waals surface area contributed by atoms with Crippen molar-refractivity contribution < 1.29 is 13.9 Å². The van der Waals surface area contributed by atoms with E-state index in [2.05, 4.69) is 38.9 Å². The maximum atomic E-state index is 14.5. The fourth-order valence-corrected chi connectivity index (χ4v) is 4.96. The summed E-state index contributed by atoms with van der Waals surface area (Å²) in [5, 5.41) is 0. The van der Waals surface area contributed by atoms with E-state index >= 15 is 0 Å². The molecule has 0 aliphatic heterocycles. The lowest BCUT2D eigenvalue weighted by molar-refractivity contribution is -0.143. The van der Waals surface area contributed by atoms with Crippen LogP contribution in [0.25, 0.3) is 5.57 Å². The van der Waals surface area contributed by atoms with E-state index < -0.39 is 5.41 Å². The maximum Gasteiger partial charge on any atom is 0.316 e. The lowest BCUT2D eigenvalue weighted by Gasteiger charge is -2.43. The van der Waals surface area contributed by atoms with Crippen LogP contribution in [0.2, 0.25) is 0 Å². The van der Waals surface area contributed by atoms with E-state index in [0.29, 0.717) is 5.92 Å². The van der Waals surface area contributed by atoms with Crippen molar-refractivity contribution in [1.82, 2.24) is 4.90 Å². The molecule has 0 spiro atoms. The summed E-state index contributed by atoms with van der Waals surface area (Å²) < 4.78 is 20.0. The highest BCUT2D eigenvalue weighted by Gasteiger charge is 2.51. The first-order chi connectivity index (χ1) is 12.8. The second-order valence-electron chi connectivity index (χ2n) is 10.7. The standard InChI is InChI=1S/C24H34FNO2/c1-22(2,3)21(27)28-18-11-16(10-17(25)12-18)19-13-23(4)8-9-24(5,15-23)20(19)14-26(6)7/h10-13,20H,8-9,14-15H2,1-7H3/t20-,23-,24-/m1/s1. The third-order valence-corrected chi connectivity index (χ3v) is 6.37. The SMILES string of the molecule is CN(C)C[C@@H]1C(c2cc(F)cc(OC(=O)C(C)(C)C)c2)=C[C@@]2(C)CC[C@]1(C)C2. The van der Waals surface area contributed by atoms with Crippen molar-refractivity contribution >= 4 is 11.5 Å². The largest absolute Gasteiger partial charge is 0.426 e. The number of fused-ring (bicyclic) bond motifs is 2. The molecule has 1 saturated carbocycles. The van der Waals surface area contributed by atoms with Gasteiger partial charge in [0.25, 0.3) is 0 Å². The first-order valence-electron chi connectivity index (χ1n) is 10.2. The van der Waals surface area contributed by atoms with Gasteiger partial charge in [0.2, 0.25) is 0 Å². The van der Waals surface area contributed by atoms with Crippen LogP contribution in [0.5, 0.6) is 5.75 Å². The molecule has 2 aliphatic carbocycles. The first-order valence-corrected chi connectivity index (χ1v) is 10.2. The molecular weight excluding hydrogens is 353 g/mol. The Morgan fingerprint density at radius 2 is 1.89 bits per heavy atom. The maximum absolute atomic E-state index is 14.5. The summed E-state index contributed by atoms with van der Waals surface area (Å²) in [5.41, 5.74) is 1.75. The highest BCUT2D eigenvalue weighted by atomic mass is 19.1. The molecule has 2 bridgehead atoms. The second kappa shape index (κ2) is 6.98. The molecule has 28 heavy (non-hydrogen) atoms. The number of carbonyl (C=O) groups excluding carboxylic acids is 1. The van der Waals surface area contributed by atoms with Gasteiger partial charge in [-0.2, -0.15) is 0 Å². The Balaban J connectivity index is 2.03. The van der Waals surface area contributed by atoms with E-state index in [1.165, 1.54) is 24.5 Å². The Morgan fingerprint density at radius 1 is 1.21 bits per heavy atom. The van der Waals surface area contributed by atoms with Crippen LogP contribution in [0.4, 0.5) is 4.39 Å². The molecule has 1 aromatic carbocycles. The van der Waals surface area contributed by atoms with Crippen molar-refractivity contribution in [3.8, 4) is 5.75 Å². The van der Waals surface area contributed by atoms with Gasteiger partial charge >= 0.3 is 5.97 Å². The number of nitrogens with zero attached hydrogens (tertiary/aromatic N) is 1. The van der Waals surface area contributed by atoms with Gasteiger partial charge in [0.05, 0.1) is 5.41 Å². The minimum Gasteiger partial charge on any atom is -0.426 e. The van der Waals surface area contributed by atoms with Gasteiger partial charge in [0.15, 0.2) is 0 Å². The van der Waals surface area contributed by atoms with E-state index in [1.807, 2.05) is 6.07 Å². The highest BCUT2D eigenvalue weighted by molar-refractivity contribution is 5.78. The number of ether oxygens (including phenoxy) is 1. The Hall–Kier alpha value is -1.68. The molecule has 3 nitrogen and oxygen atoms in total. The minimum atomic E-state index is -0.635. The number of hydrogen-bond donors (Lipinski definition) is 0. The van der Waals surface area contributed by atoms with E-state index in [-0.39, 0.29) is 28.4 Å². The molecular formula is C24H34FNO2. The Labute approximate surface area is 168 Å². The van der Waals surface area contributed by atoms with Gasteiger partial charge in [-0.25, -0.2) is 4.39 Å². The molecule has 0 aromatic heterocycles. The monoisotopic (exact) mass is 387 g/mol. The van der Waals surface area contributed by atoms with Crippen LogP contribution in [0.3, 0.4) is 0 Å². The Kier molecular flexibility index (Phi) is 5.24. The van der Waals surface area contributed by atoms with Crippen LogP contribution in [0.1, 0.15) is 59.4 Å².